The first-order valence-electron chi connectivity index (χ1n) is 6.25. The molecule has 1 aromatic carbocycles. The Morgan fingerprint density at radius 1 is 1.33 bits per heavy atom. The molecule has 3 rings (SSSR count). The molecule has 96 valence electrons. The quantitative estimate of drug-likeness (QED) is 0.850. The highest BCUT2D eigenvalue weighted by molar-refractivity contribution is 5.77. The van der Waals surface area contributed by atoms with E-state index in [1.807, 2.05) is 9.80 Å². The summed E-state index contributed by atoms with van der Waals surface area (Å²) < 4.78 is 12.8. The molecule has 4 nitrogen and oxygen atoms in total. The maximum absolute atomic E-state index is 12.8. The molecule has 2 amide bonds. The summed E-state index contributed by atoms with van der Waals surface area (Å²) in [5.74, 6) is -0.242. The summed E-state index contributed by atoms with van der Waals surface area (Å²) in [4.78, 5) is 15.9. The number of benzene rings is 1. The van der Waals surface area contributed by atoms with Crippen molar-refractivity contribution < 1.29 is 9.18 Å². The van der Waals surface area contributed by atoms with Crippen LogP contribution < -0.4 is 5.32 Å². The van der Waals surface area contributed by atoms with E-state index in [4.69, 9.17) is 0 Å². The minimum atomic E-state index is -0.242. The average Bonchev–Trinajstić information content (AvgIpc) is 2.70. The van der Waals surface area contributed by atoms with Crippen molar-refractivity contribution in [3.05, 3.63) is 35.6 Å². The number of hydrogen-bond acceptors (Lipinski definition) is 2. The predicted molar refractivity (Wildman–Crippen MR) is 65.6 cm³/mol. The summed E-state index contributed by atoms with van der Waals surface area (Å²) >= 11 is 0. The van der Waals surface area contributed by atoms with Gasteiger partial charge in [-0.3, -0.25) is 0 Å². The van der Waals surface area contributed by atoms with Crippen molar-refractivity contribution in [2.45, 2.75) is 12.6 Å². The Hall–Kier alpha value is -1.62. The number of fused-ring (bicyclic) bond motifs is 1. The number of amides is 2. The lowest BCUT2D eigenvalue weighted by Gasteiger charge is -2.28. The van der Waals surface area contributed by atoms with Gasteiger partial charge in [-0.15, -0.1) is 0 Å². The van der Waals surface area contributed by atoms with Gasteiger partial charge < -0.3 is 15.1 Å². The van der Waals surface area contributed by atoms with E-state index < -0.39 is 0 Å². The van der Waals surface area contributed by atoms with Gasteiger partial charge >= 0.3 is 6.03 Å². The monoisotopic (exact) mass is 249 g/mol. The molecule has 0 radical (unpaired) electrons. The van der Waals surface area contributed by atoms with Crippen LogP contribution in [-0.2, 0) is 6.54 Å². The molecule has 0 aromatic heterocycles. The van der Waals surface area contributed by atoms with E-state index in [-0.39, 0.29) is 17.9 Å². The van der Waals surface area contributed by atoms with Crippen molar-refractivity contribution in [3.8, 4) is 0 Å². The fourth-order valence-corrected chi connectivity index (χ4v) is 2.63. The largest absolute Gasteiger partial charge is 0.320 e. The smallest absolute Gasteiger partial charge is 0.318 e. The molecule has 1 atom stereocenters. The Morgan fingerprint density at radius 3 is 2.83 bits per heavy atom. The van der Waals surface area contributed by atoms with Gasteiger partial charge in [-0.2, -0.15) is 0 Å². The van der Waals surface area contributed by atoms with Crippen LogP contribution >= 0.6 is 0 Å². The number of halogens is 1. The summed E-state index contributed by atoms with van der Waals surface area (Å²) in [5, 5.41) is 3.30. The van der Waals surface area contributed by atoms with Gasteiger partial charge in [0, 0.05) is 32.7 Å². The maximum Gasteiger partial charge on any atom is 0.320 e. The third-order valence-corrected chi connectivity index (χ3v) is 3.58. The summed E-state index contributed by atoms with van der Waals surface area (Å²) in [5.41, 5.74) is 0.970. The normalized spacial score (nSPS) is 23.4. The van der Waals surface area contributed by atoms with E-state index >= 15 is 0 Å². The van der Waals surface area contributed by atoms with Crippen molar-refractivity contribution in [2.24, 2.45) is 0 Å². The fraction of sp³-hybridized carbons (Fsp3) is 0.462. The second-order valence-electron chi connectivity index (χ2n) is 4.84. The van der Waals surface area contributed by atoms with Crippen molar-refractivity contribution >= 4 is 6.03 Å². The molecule has 5 heteroatoms. The molecular weight excluding hydrogens is 233 g/mol. The third kappa shape index (κ3) is 2.06. The summed E-state index contributed by atoms with van der Waals surface area (Å²) in [6, 6.07) is 6.73. The van der Waals surface area contributed by atoms with E-state index in [9.17, 15) is 9.18 Å². The minimum absolute atomic E-state index is 0.103. The molecule has 2 saturated heterocycles. The molecule has 2 aliphatic rings. The number of rotatable bonds is 2. The highest BCUT2D eigenvalue weighted by Crippen LogP contribution is 2.19. The molecule has 2 aliphatic heterocycles. The van der Waals surface area contributed by atoms with Gasteiger partial charge in [0.05, 0.1) is 6.04 Å². The molecule has 2 fully saturated rings. The van der Waals surface area contributed by atoms with Gasteiger partial charge in [-0.05, 0) is 17.7 Å². The molecule has 0 aliphatic carbocycles. The van der Waals surface area contributed by atoms with Crippen molar-refractivity contribution in [1.82, 2.24) is 15.1 Å². The van der Waals surface area contributed by atoms with Crippen LogP contribution in [0, 0.1) is 5.82 Å². The second kappa shape index (κ2) is 4.57. The Balaban J connectivity index is 1.70. The molecule has 18 heavy (non-hydrogen) atoms. The van der Waals surface area contributed by atoms with Gasteiger partial charge in [0.25, 0.3) is 0 Å². The summed E-state index contributed by atoms with van der Waals surface area (Å²) in [6.07, 6.45) is 0. The van der Waals surface area contributed by atoms with E-state index in [1.54, 1.807) is 12.1 Å². The lowest BCUT2D eigenvalue weighted by Crippen LogP contribution is -2.49. The Labute approximate surface area is 105 Å². The van der Waals surface area contributed by atoms with E-state index in [0.717, 1.165) is 31.7 Å². The van der Waals surface area contributed by atoms with Gasteiger partial charge in [0.1, 0.15) is 5.82 Å². The molecule has 2 heterocycles. The van der Waals surface area contributed by atoms with Crippen LogP contribution in [0.15, 0.2) is 24.3 Å². The maximum atomic E-state index is 12.8. The number of hydrogen-bond donors (Lipinski definition) is 1. The lowest BCUT2D eigenvalue weighted by atomic mass is 10.2. The van der Waals surface area contributed by atoms with Crippen molar-refractivity contribution in [1.29, 1.82) is 0 Å². The van der Waals surface area contributed by atoms with E-state index in [0.29, 0.717) is 6.54 Å². The standard InChI is InChI=1S/C13H16FN3O/c14-11-3-1-10(2-4-11)8-16-9-12-7-15-5-6-17(12)13(16)18/h1-4,12,15H,5-9H2. The number of carbonyl (C=O) groups excluding carboxylic acids is 1. The predicted octanol–water partition coefficient (Wildman–Crippen LogP) is 1.04. The summed E-state index contributed by atoms with van der Waals surface area (Å²) in [7, 11) is 0. The van der Waals surface area contributed by atoms with Gasteiger partial charge in [0.15, 0.2) is 0 Å². The Morgan fingerprint density at radius 2 is 2.11 bits per heavy atom. The van der Waals surface area contributed by atoms with Gasteiger partial charge in [-0.1, -0.05) is 12.1 Å². The van der Waals surface area contributed by atoms with Crippen molar-refractivity contribution in [2.75, 3.05) is 26.2 Å². The average molecular weight is 249 g/mol. The summed E-state index contributed by atoms with van der Waals surface area (Å²) in [6.45, 7) is 3.83. The Kier molecular flexibility index (Phi) is 2.91. The van der Waals surface area contributed by atoms with E-state index in [1.165, 1.54) is 12.1 Å². The van der Waals surface area contributed by atoms with Gasteiger partial charge in [-0.25, -0.2) is 9.18 Å². The first kappa shape index (κ1) is 11.5. The number of carbonyl (C=O) groups is 1. The van der Waals surface area contributed by atoms with Gasteiger partial charge in [0.2, 0.25) is 0 Å². The molecule has 0 saturated carbocycles. The SMILES string of the molecule is O=C1N(Cc2ccc(F)cc2)CC2CNCCN12. The highest BCUT2D eigenvalue weighted by atomic mass is 19.1. The van der Waals surface area contributed by atoms with Crippen LogP contribution in [0.25, 0.3) is 0 Å². The molecular formula is C13H16FN3O. The number of urea groups is 1. The topological polar surface area (TPSA) is 35.6 Å². The first-order chi connectivity index (χ1) is 8.74. The zero-order valence-electron chi connectivity index (χ0n) is 10.1. The zero-order chi connectivity index (χ0) is 12.5. The number of nitrogens with zero attached hydrogens (tertiary/aromatic N) is 2. The molecule has 0 bridgehead atoms. The number of piperazine rings is 1. The molecule has 0 spiro atoms. The van der Waals surface area contributed by atoms with E-state index in [2.05, 4.69) is 5.32 Å². The van der Waals surface area contributed by atoms with Crippen LogP contribution in [0.2, 0.25) is 0 Å². The molecule has 1 unspecified atom stereocenters. The second-order valence-corrected chi connectivity index (χ2v) is 4.84. The van der Waals surface area contributed by atoms with Crippen LogP contribution in [0.5, 0.6) is 0 Å². The first-order valence-corrected chi connectivity index (χ1v) is 6.25. The molecule has 1 aromatic rings. The van der Waals surface area contributed by atoms with Crippen LogP contribution in [-0.4, -0.2) is 48.1 Å². The minimum Gasteiger partial charge on any atom is -0.318 e. The third-order valence-electron chi connectivity index (χ3n) is 3.58. The molecule has 1 N–H and O–H groups in total. The fourth-order valence-electron chi connectivity index (χ4n) is 2.63. The zero-order valence-corrected chi connectivity index (χ0v) is 10.1. The van der Waals surface area contributed by atoms with Crippen LogP contribution in [0.4, 0.5) is 9.18 Å². The lowest BCUT2D eigenvalue weighted by molar-refractivity contribution is 0.178. The van der Waals surface area contributed by atoms with Crippen LogP contribution in [0.1, 0.15) is 5.56 Å². The van der Waals surface area contributed by atoms with Crippen molar-refractivity contribution in [3.63, 3.8) is 0 Å². The number of nitrogens with one attached hydrogen (secondary N) is 1. The van der Waals surface area contributed by atoms with Crippen LogP contribution in [0.3, 0.4) is 0 Å². The highest BCUT2D eigenvalue weighted by Gasteiger charge is 2.38. The Bertz CT molecular complexity index is 448.